The highest BCUT2D eigenvalue weighted by molar-refractivity contribution is 9.09. The van der Waals surface area contributed by atoms with Gasteiger partial charge in [0.15, 0.2) is 0 Å². The fraction of sp³-hybridized carbons (Fsp3) is 1.00. The zero-order chi connectivity index (χ0) is 10.6. The number of halogens is 1. The minimum atomic E-state index is -2.80. The summed E-state index contributed by atoms with van der Waals surface area (Å²) >= 11 is 3.41. The summed E-state index contributed by atoms with van der Waals surface area (Å²) in [6.07, 6.45) is 7.81. The summed E-state index contributed by atoms with van der Waals surface area (Å²) in [5, 5.41) is 0.976. The highest BCUT2D eigenvalue weighted by Gasteiger charge is 2.28. The summed E-state index contributed by atoms with van der Waals surface area (Å²) in [7, 11) is -2.80. The van der Waals surface area contributed by atoms with E-state index in [2.05, 4.69) is 15.9 Å². The molecule has 0 saturated heterocycles. The molecule has 0 aromatic carbocycles. The molecule has 4 heteroatoms. The van der Waals surface area contributed by atoms with Gasteiger partial charge in [-0.1, -0.05) is 28.8 Å². The van der Waals surface area contributed by atoms with Crippen molar-refractivity contribution in [2.75, 3.05) is 11.6 Å². The predicted molar refractivity (Wildman–Crippen MR) is 63.6 cm³/mol. The molecule has 14 heavy (non-hydrogen) atoms. The minimum Gasteiger partial charge on any atom is -0.229 e. The average Bonchev–Trinajstić information content (AvgIpc) is 2.14. The first-order valence-corrected chi connectivity index (χ1v) is 8.36. The van der Waals surface area contributed by atoms with E-state index in [0.717, 1.165) is 24.6 Å². The summed E-state index contributed by atoms with van der Waals surface area (Å²) in [5.74, 6) is 0.640. The molecule has 0 aromatic heterocycles. The van der Waals surface area contributed by atoms with Crippen molar-refractivity contribution >= 4 is 25.8 Å². The first-order valence-electron chi connectivity index (χ1n) is 5.29. The van der Waals surface area contributed by atoms with Crippen LogP contribution >= 0.6 is 15.9 Å². The lowest BCUT2D eigenvalue weighted by Crippen LogP contribution is -2.27. The Bertz CT molecular complexity index is 261. The Morgan fingerprint density at radius 2 is 2.07 bits per heavy atom. The minimum absolute atomic E-state index is 0.0587. The Morgan fingerprint density at radius 1 is 1.36 bits per heavy atom. The molecule has 0 spiro atoms. The molecule has 0 aliphatic heterocycles. The molecule has 0 amide bonds. The molecule has 1 saturated carbocycles. The monoisotopic (exact) mass is 282 g/mol. The third-order valence-electron chi connectivity index (χ3n) is 3.09. The summed E-state index contributed by atoms with van der Waals surface area (Å²) in [5.41, 5.74) is 0. The van der Waals surface area contributed by atoms with Crippen LogP contribution < -0.4 is 0 Å². The van der Waals surface area contributed by atoms with Gasteiger partial charge in [-0.2, -0.15) is 0 Å². The fourth-order valence-corrected chi connectivity index (χ4v) is 3.80. The molecule has 0 aromatic rings. The smallest absolute Gasteiger partial charge is 0.150 e. The van der Waals surface area contributed by atoms with Gasteiger partial charge in [0, 0.05) is 11.6 Å². The summed E-state index contributed by atoms with van der Waals surface area (Å²) in [4.78, 5) is 0. The van der Waals surface area contributed by atoms with Crippen LogP contribution in [-0.2, 0) is 9.84 Å². The van der Waals surface area contributed by atoms with Crippen LogP contribution in [0.1, 0.15) is 38.5 Å². The molecule has 1 aliphatic carbocycles. The average molecular weight is 283 g/mol. The van der Waals surface area contributed by atoms with E-state index in [0.29, 0.717) is 5.92 Å². The second-order valence-electron chi connectivity index (χ2n) is 4.32. The first-order chi connectivity index (χ1) is 6.54. The molecular weight excluding hydrogens is 264 g/mol. The van der Waals surface area contributed by atoms with Crippen LogP contribution in [0.3, 0.4) is 0 Å². The van der Waals surface area contributed by atoms with E-state index in [1.165, 1.54) is 25.5 Å². The lowest BCUT2D eigenvalue weighted by Gasteiger charge is -2.27. The third kappa shape index (κ3) is 3.89. The number of hydrogen-bond donors (Lipinski definition) is 0. The number of alkyl halides is 1. The molecule has 1 aliphatic rings. The third-order valence-corrected chi connectivity index (χ3v) is 5.29. The van der Waals surface area contributed by atoms with Gasteiger partial charge < -0.3 is 0 Å². The Balaban J connectivity index is 2.44. The first kappa shape index (κ1) is 12.5. The molecular formula is C10H19BrO2S. The molecule has 0 bridgehead atoms. The Labute approximate surface area is 95.5 Å². The normalized spacial score (nSPS) is 29.0. The zero-order valence-electron chi connectivity index (χ0n) is 8.71. The van der Waals surface area contributed by atoms with Crippen molar-refractivity contribution in [1.82, 2.24) is 0 Å². The Morgan fingerprint density at radius 3 is 2.64 bits per heavy atom. The van der Waals surface area contributed by atoms with Gasteiger partial charge in [0.25, 0.3) is 0 Å². The maximum absolute atomic E-state index is 11.4. The second kappa shape index (κ2) is 5.50. The molecule has 0 radical (unpaired) electrons. The highest BCUT2D eigenvalue weighted by atomic mass is 79.9. The van der Waals surface area contributed by atoms with Crippen LogP contribution in [0, 0.1) is 5.92 Å². The van der Waals surface area contributed by atoms with Crippen molar-refractivity contribution in [3.8, 4) is 0 Å². The fourth-order valence-electron chi connectivity index (χ4n) is 2.26. The SMILES string of the molecule is CS(=O)(=O)C1CCCC(CCCBr)C1. The van der Waals surface area contributed by atoms with Gasteiger partial charge in [0.2, 0.25) is 0 Å². The lowest BCUT2D eigenvalue weighted by atomic mass is 9.86. The number of hydrogen-bond acceptors (Lipinski definition) is 2. The van der Waals surface area contributed by atoms with Crippen LogP contribution in [-0.4, -0.2) is 25.3 Å². The molecule has 1 rings (SSSR count). The molecule has 1 fully saturated rings. The van der Waals surface area contributed by atoms with Crippen LogP contribution in [0.5, 0.6) is 0 Å². The van der Waals surface area contributed by atoms with E-state index in [1.54, 1.807) is 0 Å². The topological polar surface area (TPSA) is 34.1 Å². The van der Waals surface area contributed by atoms with Gasteiger partial charge in [-0.05, 0) is 31.6 Å². The van der Waals surface area contributed by atoms with Gasteiger partial charge in [-0.25, -0.2) is 8.42 Å². The van der Waals surface area contributed by atoms with Gasteiger partial charge >= 0.3 is 0 Å². The van der Waals surface area contributed by atoms with Gasteiger partial charge in [0.1, 0.15) is 9.84 Å². The van der Waals surface area contributed by atoms with Crippen molar-refractivity contribution in [3.05, 3.63) is 0 Å². The summed E-state index contributed by atoms with van der Waals surface area (Å²) < 4.78 is 22.8. The van der Waals surface area contributed by atoms with Crippen molar-refractivity contribution in [2.24, 2.45) is 5.92 Å². The van der Waals surface area contributed by atoms with Crippen molar-refractivity contribution in [1.29, 1.82) is 0 Å². The largest absolute Gasteiger partial charge is 0.229 e. The zero-order valence-corrected chi connectivity index (χ0v) is 11.1. The Hall–Kier alpha value is 0.430. The molecule has 2 unspecified atom stereocenters. The van der Waals surface area contributed by atoms with Crippen LogP contribution in [0.4, 0.5) is 0 Å². The lowest BCUT2D eigenvalue weighted by molar-refractivity contribution is 0.337. The predicted octanol–water partition coefficient (Wildman–Crippen LogP) is 2.76. The quantitative estimate of drug-likeness (QED) is 0.743. The van der Waals surface area contributed by atoms with Crippen molar-refractivity contribution in [3.63, 3.8) is 0 Å². The van der Waals surface area contributed by atoms with Crippen LogP contribution in [0.2, 0.25) is 0 Å². The standard InChI is InChI=1S/C10H19BrO2S/c1-14(12,13)10-6-2-4-9(8-10)5-3-7-11/h9-10H,2-8H2,1H3. The Kier molecular flexibility index (Phi) is 4.91. The van der Waals surface area contributed by atoms with Gasteiger partial charge in [0.05, 0.1) is 5.25 Å². The van der Waals surface area contributed by atoms with E-state index in [9.17, 15) is 8.42 Å². The van der Waals surface area contributed by atoms with E-state index >= 15 is 0 Å². The maximum atomic E-state index is 11.4. The number of sulfone groups is 1. The summed E-state index contributed by atoms with van der Waals surface area (Å²) in [6.45, 7) is 0. The molecule has 2 atom stereocenters. The molecule has 0 N–H and O–H groups in total. The molecule has 84 valence electrons. The number of rotatable bonds is 4. The van der Waals surface area contributed by atoms with Gasteiger partial charge in [-0.3, -0.25) is 0 Å². The molecule has 2 nitrogen and oxygen atoms in total. The van der Waals surface area contributed by atoms with E-state index in [4.69, 9.17) is 0 Å². The van der Waals surface area contributed by atoms with Crippen molar-refractivity contribution < 1.29 is 8.42 Å². The van der Waals surface area contributed by atoms with E-state index in [1.807, 2.05) is 0 Å². The summed E-state index contributed by atoms with van der Waals surface area (Å²) in [6, 6.07) is 0. The van der Waals surface area contributed by atoms with Gasteiger partial charge in [-0.15, -0.1) is 0 Å². The van der Waals surface area contributed by atoms with Crippen LogP contribution in [0.25, 0.3) is 0 Å². The second-order valence-corrected chi connectivity index (χ2v) is 7.43. The highest BCUT2D eigenvalue weighted by Crippen LogP contribution is 2.31. The van der Waals surface area contributed by atoms with Crippen LogP contribution in [0.15, 0.2) is 0 Å². The van der Waals surface area contributed by atoms with E-state index in [-0.39, 0.29) is 5.25 Å². The van der Waals surface area contributed by atoms with Crippen molar-refractivity contribution in [2.45, 2.75) is 43.8 Å². The van der Waals surface area contributed by atoms with E-state index < -0.39 is 9.84 Å². The maximum Gasteiger partial charge on any atom is 0.150 e. The molecule has 0 heterocycles.